The van der Waals surface area contributed by atoms with E-state index < -0.39 is 42.2 Å². The summed E-state index contributed by atoms with van der Waals surface area (Å²) in [7, 11) is -7.62. The number of aromatic nitrogens is 2. The minimum atomic E-state index is -4.40. The van der Waals surface area contributed by atoms with Crippen molar-refractivity contribution in [3.63, 3.8) is 0 Å². The summed E-state index contributed by atoms with van der Waals surface area (Å²) in [5.74, 6) is -5.45. The van der Waals surface area contributed by atoms with E-state index in [9.17, 15) is 30.0 Å². The maximum atomic E-state index is 13.1. The monoisotopic (exact) mass is 383 g/mol. The molecule has 12 heteroatoms. The van der Waals surface area contributed by atoms with Gasteiger partial charge < -0.3 is 0 Å². The molecule has 0 unspecified atom stereocenters. The number of benzene rings is 1. The van der Waals surface area contributed by atoms with Crippen molar-refractivity contribution in [1.82, 2.24) is 9.78 Å². The van der Waals surface area contributed by atoms with Gasteiger partial charge in [0.25, 0.3) is 10.0 Å². The van der Waals surface area contributed by atoms with Gasteiger partial charge in [0.05, 0.1) is 17.2 Å². The van der Waals surface area contributed by atoms with Gasteiger partial charge in [0.15, 0.2) is 23.3 Å². The fourth-order valence-corrected chi connectivity index (χ4v) is 3.22. The molecule has 0 fully saturated rings. The Bertz CT molecular complexity index is 948. The molecule has 132 valence electrons. The first kappa shape index (κ1) is 18.3. The van der Waals surface area contributed by atoms with E-state index in [1.807, 2.05) is 4.72 Å². The second-order valence-electron chi connectivity index (χ2n) is 4.90. The summed E-state index contributed by atoms with van der Waals surface area (Å²) in [6.45, 7) is 0.000363. The number of nitrogens with one attached hydrogen (secondary N) is 1. The second-order valence-corrected chi connectivity index (χ2v) is 8.84. The first-order chi connectivity index (χ1) is 11.0. The van der Waals surface area contributed by atoms with E-state index in [1.54, 1.807) is 0 Å². The van der Waals surface area contributed by atoms with Crippen LogP contribution in [0.3, 0.4) is 0 Å². The van der Waals surface area contributed by atoms with Crippen LogP contribution in [0.1, 0.15) is 0 Å². The number of nitrogens with zero attached hydrogens (tertiary/aromatic N) is 2. The lowest BCUT2D eigenvalue weighted by Gasteiger charge is -2.06. The third-order valence-electron chi connectivity index (χ3n) is 2.84. The highest BCUT2D eigenvalue weighted by Gasteiger charge is 2.21. The van der Waals surface area contributed by atoms with E-state index in [2.05, 4.69) is 5.10 Å². The van der Waals surface area contributed by atoms with Gasteiger partial charge in [0, 0.05) is 18.5 Å². The molecule has 0 radical (unpaired) electrons. The Balaban J connectivity index is 2.20. The average Bonchev–Trinajstić information content (AvgIpc) is 2.88. The molecule has 0 amide bonds. The number of anilines is 1. The van der Waals surface area contributed by atoms with E-state index in [1.165, 1.54) is 16.9 Å². The van der Waals surface area contributed by atoms with Crippen LogP contribution in [0.5, 0.6) is 0 Å². The van der Waals surface area contributed by atoms with Gasteiger partial charge in [0.2, 0.25) is 0 Å². The number of halogens is 3. The van der Waals surface area contributed by atoms with Crippen LogP contribution in [0.25, 0.3) is 0 Å². The van der Waals surface area contributed by atoms with E-state index >= 15 is 0 Å². The predicted molar refractivity (Wildman–Crippen MR) is 79.1 cm³/mol. The van der Waals surface area contributed by atoms with Crippen LogP contribution in [-0.4, -0.2) is 38.6 Å². The smallest absolute Gasteiger partial charge is 0.263 e. The first-order valence-corrected chi connectivity index (χ1v) is 9.91. The number of hydrogen-bond acceptors (Lipinski definition) is 5. The second kappa shape index (κ2) is 6.43. The lowest BCUT2D eigenvalue weighted by Crippen LogP contribution is -2.15. The molecule has 24 heavy (non-hydrogen) atoms. The molecule has 0 aliphatic carbocycles. The van der Waals surface area contributed by atoms with Crippen LogP contribution in [0.2, 0.25) is 0 Å². The van der Waals surface area contributed by atoms with E-state index in [0.717, 1.165) is 6.26 Å². The number of sulfonamides is 1. The number of aryl methyl sites for hydroxylation is 1. The molecule has 7 nitrogen and oxygen atoms in total. The van der Waals surface area contributed by atoms with Crippen LogP contribution < -0.4 is 4.72 Å². The number of sulfone groups is 1. The van der Waals surface area contributed by atoms with Gasteiger partial charge in [-0.15, -0.1) is 0 Å². The van der Waals surface area contributed by atoms with Gasteiger partial charge in [0.1, 0.15) is 9.84 Å². The zero-order valence-electron chi connectivity index (χ0n) is 12.2. The van der Waals surface area contributed by atoms with Crippen LogP contribution >= 0.6 is 0 Å². The minimum absolute atomic E-state index is 0.000363. The Hall–Kier alpha value is -2.08. The minimum Gasteiger partial charge on any atom is -0.270 e. The fourth-order valence-electron chi connectivity index (χ4n) is 1.68. The third-order valence-corrected chi connectivity index (χ3v) is 5.10. The van der Waals surface area contributed by atoms with Crippen molar-refractivity contribution in [2.45, 2.75) is 11.4 Å². The molecule has 0 aliphatic heterocycles. The zero-order valence-corrected chi connectivity index (χ0v) is 13.8. The summed E-state index contributed by atoms with van der Waals surface area (Å²) >= 11 is 0. The molecule has 2 aromatic rings. The molecule has 0 saturated heterocycles. The summed E-state index contributed by atoms with van der Waals surface area (Å²) in [6.07, 6.45) is 2.37. The molecule has 0 atom stereocenters. The van der Waals surface area contributed by atoms with Gasteiger partial charge in [-0.05, 0) is 12.1 Å². The molecule has 0 saturated carbocycles. The van der Waals surface area contributed by atoms with Gasteiger partial charge in [-0.25, -0.2) is 30.0 Å². The SMILES string of the molecule is CS(=O)(=O)CCn1ccc(NS(=O)(=O)c2cc(F)c(F)c(F)c2)n1. The van der Waals surface area contributed by atoms with Crippen molar-refractivity contribution in [1.29, 1.82) is 0 Å². The summed E-state index contributed by atoms with van der Waals surface area (Å²) in [5, 5.41) is 3.79. The molecule has 1 aromatic carbocycles. The lowest BCUT2D eigenvalue weighted by molar-refractivity contribution is 0.442. The summed E-state index contributed by atoms with van der Waals surface area (Å²) in [4.78, 5) is -0.815. The average molecular weight is 383 g/mol. The van der Waals surface area contributed by atoms with Crippen LogP contribution in [0.4, 0.5) is 19.0 Å². The quantitative estimate of drug-likeness (QED) is 0.755. The molecule has 1 heterocycles. The Labute approximate surface area is 136 Å². The predicted octanol–water partition coefficient (Wildman–Crippen LogP) is 1.15. The zero-order chi connectivity index (χ0) is 18.1. The Kier molecular flexibility index (Phi) is 4.90. The van der Waals surface area contributed by atoms with Crippen molar-refractivity contribution in [3.8, 4) is 0 Å². The topological polar surface area (TPSA) is 98.1 Å². The van der Waals surface area contributed by atoms with E-state index in [-0.39, 0.29) is 18.1 Å². The Morgan fingerprint density at radius 3 is 2.25 bits per heavy atom. The standard InChI is InChI=1S/C12H12F3N3O4S2/c1-23(19,20)5-4-18-3-2-11(16-18)17-24(21,22)8-6-9(13)12(15)10(14)7-8/h2-3,6-7H,4-5H2,1H3,(H,16,17). The Morgan fingerprint density at radius 1 is 1.12 bits per heavy atom. The summed E-state index contributed by atoms with van der Waals surface area (Å²) in [5.41, 5.74) is 0. The highest BCUT2D eigenvalue weighted by atomic mass is 32.2. The van der Waals surface area contributed by atoms with Crippen molar-refractivity contribution >= 4 is 25.7 Å². The summed E-state index contributed by atoms with van der Waals surface area (Å²) < 4.78 is 88.5. The fraction of sp³-hybridized carbons (Fsp3) is 0.250. The lowest BCUT2D eigenvalue weighted by atomic mass is 10.3. The van der Waals surface area contributed by atoms with Crippen molar-refractivity contribution in [2.24, 2.45) is 0 Å². The number of hydrogen-bond donors (Lipinski definition) is 1. The maximum Gasteiger partial charge on any atom is 0.263 e. The maximum absolute atomic E-state index is 13.1. The van der Waals surface area contributed by atoms with Crippen molar-refractivity contribution in [2.75, 3.05) is 16.7 Å². The van der Waals surface area contributed by atoms with Gasteiger partial charge in [-0.3, -0.25) is 9.40 Å². The van der Waals surface area contributed by atoms with Gasteiger partial charge >= 0.3 is 0 Å². The first-order valence-electron chi connectivity index (χ1n) is 6.36. The van der Waals surface area contributed by atoms with Crippen molar-refractivity contribution < 1.29 is 30.0 Å². The molecule has 1 aromatic heterocycles. The molecule has 2 rings (SSSR count). The Morgan fingerprint density at radius 2 is 1.71 bits per heavy atom. The molecular weight excluding hydrogens is 371 g/mol. The highest BCUT2D eigenvalue weighted by Crippen LogP contribution is 2.19. The van der Waals surface area contributed by atoms with Crippen LogP contribution in [0, 0.1) is 17.5 Å². The van der Waals surface area contributed by atoms with E-state index in [4.69, 9.17) is 0 Å². The normalized spacial score (nSPS) is 12.3. The molecule has 0 spiro atoms. The number of rotatable bonds is 6. The molecule has 0 aliphatic rings. The summed E-state index contributed by atoms with van der Waals surface area (Å²) in [6, 6.07) is 1.90. The van der Waals surface area contributed by atoms with E-state index in [0.29, 0.717) is 12.1 Å². The van der Waals surface area contributed by atoms with Gasteiger partial charge in [-0.2, -0.15) is 5.10 Å². The third kappa shape index (κ3) is 4.47. The molecular formula is C12H12F3N3O4S2. The highest BCUT2D eigenvalue weighted by molar-refractivity contribution is 7.92. The van der Waals surface area contributed by atoms with Crippen molar-refractivity contribution in [3.05, 3.63) is 41.8 Å². The largest absolute Gasteiger partial charge is 0.270 e. The van der Waals surface area contributed by atoms with Crippen LogP contribution in [0.15, 0.2) is 29.3 Å². The van der Waals surface area contributed by atoms with Gasteiger partial charge in [-0.1, -0.05) is 0 Å². The molecule has 1 N–H and O–H groups in total. The van der Waals surface area contributed by atoms with Crippen LogP contribution in [-0.2, 0) is 26.4 Å². The molecule has 0 bridgehead atoms.